The minimum absolute atomic E-state index is 0.244. The van der Waals surface area contributed by atoms with E-state index in [1.165, 1.54) is 0 Å². The Morgan fingerprint density at radius 3 is 2.70 bits per heavy atom. The van der Waals surface area contributed by atoms with Crippen LogP contribution in [0.25, 0.3) is 11.1 Å². The van der Waals surface area contributed by atoms with E-state index >= 15 is 0 Å². The standard InChI is InChI=1S/C26H22BrCl2N3O/c1-14-8-17(10-18(28)9-14)25-24(26(25,29)33)16(3)32-20-5-4-15(2)21(12-20)22-11-19(6-7-30)31-13-23(22)27/h4-5,8-13,24-25,32-33H,3,6H2,1-2H3. The summed E-state index contributed by atoms with van der Waals surface area (Å²) in [5.41, 5.74) is 7.10. The van der Waals surface area contributed by atoms with E-state index in [1.54, 1.807) is 6.20 Å². The molecule has 2 N–H and O–H groups in total. The van der Waals surface area contributed by atoms with Crippen LogP contribution >= 0.6 is 39.1 Å². The Morgan fingerprint density at radius 2 is 2.00 bits per heavy atom. The Bertz CT molecular complexity index is 1280. The van der Waals surface area contributed by atoms with Gasteiger partial charge in [0, 0.05) is 33.0 Å². The number of nitriles is 1. The summed E-state index contributed by atoms with van der Waals surface area (Å²) in [6.45, 7) is 8.15. The first-order chi connectivity index (χ1) is 15.6. The van der Waals surface area contributed by atoms with Crippen LogP contribution in [0.2, 0.25) is 5.02 Å². The van der Waals surface area contributed by atoms with Gasteiger partial charge in [0.1, 0.15) is 0 Å². The van der Waals surface area contributed by atoms with Crippen LogP contribution in [0, 0.1) is 31.1 Å². The van der Waals surface area contributed by atoms with Crippen molar-refractivity contribution in [3.63, 3.8) is 0 Å². The maximum absolute atomic E-state index is 10.8. The third-order valence-corrected chi connectivity index (χ3v) is 7.22. The van der Waals surface area contributed by atoms with Gasteiger partial charge in [-0.15, -0.1) is 0 Å². The molecule has 3 atom stereocenters. The van der Waals surface area contributed by atoms with Crippen molar-refractivity contribution < 1.29 is 5.11 Å². The average molecular weight is 543 g/mol. The van der Waals surface area contributed by atoms with Crippen LogP contribution in [0.4, 0.5) is 5.69 Å². The summed E-state index contributed by atoms with van der Waals surface area (Å²) in [4.78, 5) is 4.30. The van der Waals surface area contributed by atoms with Crippen LogP contribution in [0.5, 0.6) is 0 Å². The zero-order valence-electron chi connectivity index (χ0n) is 18.2. The normalized spacial score (nSPS) is 21.4. The number of aliphatic hydroxyl groups is 1. The van der Waals surface area contributed by atoms with E-state index in [4.69, 9.17) is 28.5 Å². The number of anilines is 1. The van der Waals surface area contributed by atoms with Gasteiger partial charge >= 0.3 is 0 Å². The molecule has 3 unspecified atom stereocenters. The monoisotopic (exact) mass is 541 g/mol. The predicted molar refractivity (Wildman–Crippen MR) is 137 cm³/mol. The number of alkyl halides is 1. The molecule has 1 aromatic heterocycles. The Morgan fingerprint density at radius 1 is 1.24 bits per heavy atom. The first-order valence-corrected chi connectivity index (χ1v) is 11.9. The lowest BCUT2D eigenvalue weighted by atomic mass is 9.99. The molecule has 4 nitrogen and oxygen atoms in total. The zero-order valence-corrected chi connectivity index (χ0v) is 21.3. The summed E-state index contributed by atoms with van der Waals surface area (Å²) in [6, 6.07) is 15.7. The number of hydrogen-bond donors (Lipinski definition) is 2. The van der Waals surface area contributed by atoms with Crippen molar-refractivity contribution in [3.05, 3.63) is 92.8 Å². The third kappa shape index (κ3) is 4.81. The highest BCUT2D eigenvalue weighted by atomic mass is 79.9. The van der Waals surface area contributed by atoms with Gasteiger partial charge in [0.05, 0.1) is 24.1 Å². The summed E-state index contributed by atoms with van der Waals surface area (Å²) in [6.07, 6.45) is 1.96. The van der Waals surface area contributed by atoms with E-state index in [9.17, 15) is 5.11 Å². The fraction of sp³-hybridized carbons (Fsp3) is 0.231. The van der Waals surface area contributed by atoms with Gasteiger partial charge in [0.15, 0.2) is 5.06 Å². The Kier molecular flexibility index (Phi) is 6.57. The van der Waals surface area contributed by atoms with Crippen LogP contribution in [0.15, 0.2) is 65.4 Å². The number of aryl methyl sites for hydroxylation is 2. The van der Waals surface area contributed by atoms with E-state index in [2.05, 4.69) is 38.9 Å². The van der Waals surface area contributed by atoms with Crippen molar-refractivity contribution in [3.8, 4) is 17.2 Å². The summed E-state index contributed by atoms with van der Waals surface area (Å²) in [5, 5.41) is 22.4. The first kappa shape index (κ1) is 23.8. The number of halogens is 3. The van der Waals surface area contributed by atoms with E-state index < -0.39 is 5.06 Å². The molecule has 168 valence electrons. The molecule has 1 aliphatic carbocycles. The third-order valence-electron chi connectivity index (χ3n) is 5.90. The predicted octanol–water partition coefficient (Wildman–Crippen LogP) is 7.11. The summed E-state index contributed by atoms with van der Waals surface area (Å²) in [5.74, 6) is -0.666. The molecule has 2 aromatic carbocycles. The van der Waals surface area contributed by atoms with Gasteiger partial charge in [-0.1, -0.05) is 41.9 Å². The van der Waals surface area contributed by atoms with Crippen LogP contribution in [0.3, 0.4) is 0 Å². The van der Waals surface area contributed by atoms with Crippen LogP contribution in [0.1, 0.15) is 28.3 Å². The van der Waals surface area contributed by atoms with Crippen molar-refractivity contribution in [2.45, 2.75) is 31.2 Å². The fourth-order valence-electron chi connectivity index (χ4n) is 4.28. The van der Waals surface area contributed by atoms with Gasteiger partial charge in [-0.05, 0) is 87.9 Å². The van der Waals surface area contributed by atoms with Crippen molar-refractivity contribution >= 4 is 44.8 Å². The minimum Gasteiger partial charge on any atom is -0.374 e. The number of benzene rings is 2. The van der Waals surface area contributed by atoms with Crippen molar-refractivity contribution in [1.29, 1.82) is 5.26 Å². The second-order valence-electron chi connectivity index (χ2n) is 8.42. The minimum atomic E-state index is -1.42. The van der Waals surface area contributed by atoms with Gasteiger partial charge < -0.3 is 10.4 Å². The lowest BCUT2D eigenvalue weighted by molar-refractivity contribution is 0.219. The molecule has 3 aromatic rings. The molecule has 0 amide bonds. The molecule has 0 bridgehead atoms. The van der Waals surface area contributed by atoms with Gasteiger partial charge in [-0.2, -0.15) is 5.26 Å². The number of hydrogen-bond acceptors (Lipinski definition) is 4. The molecule has 4 rings (SSSR count). The van der Waals surface area contributed by atoms with E-state index in [0.29, 0.717) is 16.4 Å². The molecule has 0 radical (unpaired) electrons. The van der Waals surface area contributed by atoms with Crippen LogP contribution in [-0.4, -0.2) is 15.2 Å². The fourth-order valence-corrected chi connectivity index (χ4v) is 5.45. The number of nitrogens with one attached hydrogen (secondary N) is 1. The van der Waals surface area contributed by atoms with Crippen LogP contribution < -0.4 is 5.32 Å². The highest BCUT2D eigenvalue weighted by molar-refractivity contribution is 9.10. The summed E-state index contributed by atoms with van der Waals surface area (Å²) >= 11 is 16.3. The Balaban J connectivity index is 1.60. The zero-order chi connectivity index (χ0) is 23.9. The molecular weight excluding hydrogens is 521 g/mol. The largest absolute Gasteiger partial charge is 0.374 e. The molecule has 0 spiro atoms. The molecule has 1 heterocycles. The van der Waals surface area contributed by atoms with Crippen molar-refractivity contribution in [2.24, 2.45) is 5.92 Å². The number of aromatic nitrogens is 1. The van der Waals surface area contributed by atoms with Gasteiger partial charge in [-0.3, -0.25) is 4.98 Å². The van der Waals surface area contributed by atoms with E-state index in [-0.39, 0.29) is 18.3 Å². The van der Waals surface area contributed by atoms with Gasteiger partial charge in [0.25, 0.3) is 0 Å². The van der Waals surface area contributed by atoms with Gasteiger partial charge in [0.2, 0.25) is 0 Å². The molecular formula is C26H22BrCl2N3O. The second-order valence-corrected chi connectivity index (χ2v) is 10.3. The number of nitrogens with zero attached hydrogens (tertiary/aromatic N) is 2. The number of rotatable bonds is 6. The van der Waals surface area contributed by atoms with Crippen molar-refractivity contribution in [2.75, 3.05) is 5.32 Å². The lowest BCUT2D eigenvalue weighted by Crippen LogP contribution is -2.07. The Hall–Kier alpha value is -2.36. The molecule has 1 fully saturated rings. The van der Waals surface area contributed by atoms with E-state index in [0.717, 1.165) is 38.0 Å². The highest BCUT2D eigenvalue weighted by Gasteiger charge is 2.65. The molecule has 0 aliphatic heterocycles. The second kappa shape index (κ2) is 9.12. The van der Waals surface area contributed by atoms with E-state index in [1.807, 2.05) is 56.3 Å². The maximum Gasteiger partial charge on any atom is 0.155 e. The maximum atomic E-state index is 10.8. The molecule has 1 saturated carbocycles. The Labute approximate surface area is 212 Å². The van der Waals surface area contributed by atoms with Crippen molar-refractivity contribution in [1.82, 2.24) is 4.98 Å². The number of pyridine rings is 1. The topological polar surface area (TPSA) is 68.9 Å². The molecule has 7 heteroatoms. The summed E-state index contributed by atoms with van der Waals surface area (Å²) < 4.78 is 0.844. The molecule has 33 heavy (non-hydrogen) atoms. The molecule has 1 aliphatic rings. The smallest absolute Gasteiger partial charge is 0.155 e. The average Bonchev–Trinajstić information content (AvgIpc) is 3.32. The first-order valence-electron chi connectivity index (χ1n) is 10.4. The summed E-state index contributed by atoms with van der Waals surface area (Å²) in [7, 11) is 0. The quantitative estimate of drug-likeness (QED) is 0.325. The lowest BCUT2D eigenvalue weighted by Gasteiger charge is -2.15. The molecule has 0 saturated heterocycles. The van der Waals surface area contributed by atoms with Crippen LogP contribution in [-0.2, 0) is 6.42 Å². The highest BCUT2D eigenvalue weighted by Crippen LogP contribution is 2.63. The van der Waals surface area contributed by atoms with Gasteiger partial charge in [-0.25, -0.2) is 0 Å². The SMILES string of the molecule is C=C(Nc1ccc(C)c(-c2cc(CC#N)ncc2Br)c1)C1C(c2cc(C)cc(Cl)c2)C1(O)Cl.